The predicted octanol–water partition coefficient (Wildman–Crippen LogP) is 4.77. The van der Waals surface area contributed by atoms with E-state index in [1.54, 1.807) is 11.3 Å². The third-order valence-electron chi connectivity index (χ3n) is 6.19. The smallest absolute Gasteiger partial charge is 0.225 e. The summed E-state index contributed by atoms with van der Waals surface area (Å²) in [6.45, 7) is 5.96. The second-order valence-corrected chi connectivity index (χ2v) is 9.59. The zero-order valence-electron chi connectivity index (χ0n) is 16.8. The van der Waals surface area contributed by atoms with Crippen LogP contribution >= 0.6 is 11.3 Å². The molecule has 1 aliphatic carbocycles. The van der Waals surface area contributed by atoms with Gasteiger partial charge in [-0.25, -0.2) is 0 Å². The molecule has 0 aromatic carbocycles. The van der Waals surface area contributed by atoms with Gasteiger partial charge in [0.1, 0.15) is 0 Å². The normalized spacial score (nSPS) is 20.6. The summed E-state index contributed by atoms with van der Waals surface area (Å²) in [7, 11) is 0. The molecular weight excluding hydrogens is 356 g/mol. The van der Waals surface area contributed by atoms with Gasteiger partial charge < -0.3 is 10.2 Å². The fourth-order valence-corrected chi connectivity index (χ4v) is 5.44. The van der Waals surface area contributed by atoms with Crippen molar-refractivity contribution in [2.24, 2.45) is 17.8 Å². The van der Waals surface area contributed by atoms with Crippen LogP contribution in [0.5, 0.6) is 0 Å². The van der Waals surface area contributed by atoms with Crippen LogP contribution in [0.3, 0.4) is 0 Å². The molecule has 0 radical (unpaired) electrons. The molecule has 0 bridgehead atoms. The average molecular weight is 391 g/mol. The number of nitrogens with one attached hydrogen (secondary N) is 1. The van der Waals surface area contributed by atoms with Gasteiger partial charge in [0.15, 0.2) is 0 Å². The molecule has 2 amide bonds. The Morgan fingerprint density at radius 3 is 2.44 bits per heavy atom. The molecule has 1 saturated carbocycles. The molecule has 4 nitrogen and oxygen atoms in total. The van der Waals surface area contributed by atoms with Crippen molar-refractivity contribution in [1.82, 2.24) is 10.2 Å². The average Bonchev–Trinajstić information content (AvgIpc) is 3.21. The first-order chi connectivity index (χ1) is 13.0. The number of rotatable bonds is 6. The summed E-state index contributed by atoms with van der Waals surface area (Å²) in [4.78, 5) is 28.6. The molecule has 150 valence electrons. The van der Waals surface area contributed by atoms with Crippen molar-refractivity contribution < 1.29 is 9.59 Å². The molecule has 0 spiro atoms. The van der Waals surface area contributed by atoms with E-state index < -0.39 is 0 Å². The Morgan fingerprint density at radius 1 is 1.15 bits per heavy atom. The topological polar surface area (TPSA) is 49.4 Å². The number of nitrogens with zero attached hydrogens (tertiary/aromatic N) is 1. The van der Waals surface area contributed by atoms with Gasteiger partial charge in [-0.15, -0.1) is 11.3 Å². The van der Waals surface area contributed by atoms with Gasteiger partial charge in [-0.05, 0) is 49.0 Å². The first-order valence-electron chi connectivity index (χ1n) is 10.7. The predicted molar refractivity (Wildman–Crippen MR) is 111 cm³/mol. The van der Waals surface area contributed by atoms with E-state index in [-0.39, 0.29) is 17.9 Å². The number of piperidine rings is 1. The van der Waals surface area contributed by atoms with E-state index in [2.05, 4.69) is 35.5 Å². The van der Waals surface area contributed by atoms with Crippen molar-refractivity contribution in [2.45, 2.75) is 71.3 Å². The molecule has 5 heteroatoms. The van der Waals surface area contributed by atoms with Crippen LogP contribution in [0.25, 0.3) is 0 Å². The Kier molecular flexibility index (Phi) is 7.33. The van der Waals surface area contributed by atoms with E-state index in [9.17, 15) is 9.59 Å². The molecule has 1 saturated heterocycles. The third kappa shape index (κ3) is 5.56. The van der Waals surface area contributed by atoms with Crippen LogP contribution in [0.4, 0.5) is 0 Å². The Balaban J connectivity index is 1.44. The van der Waals surface area contributed by atoms with Crippen molar-refractivity contribution in [2.75, 3.05) is 13.1 Å². The van der Waals surface area contributed by atoms with Crippen molar-refractivity contribution in [3.05, 3.63) is 22.4 Å². The lowest BCUT2D eigenvalue weighted by molar-refractivity contribution is -0.138. The number of likely N-dealkylation sites (tertiary alicyclic amines) is 1. The molecule has 2 aliphatic rings. The lowest BCUT2D eigenvalue weighted by Crippen LogP contribution is -2.43. The lowest BCUT2D eigenvalue weighted by Gasteiger charge is -2.35. The Labute approximate surface area is 167 Å². The summed E-state index contributed by atoms with van der Waals surface area (Å²) in [6.07, 6.45) is 8.32. The molecule has 1 aromatic rings. The molecule has 1 aliphatic heterocycles. The minimum absolute atomic E-state index is 0.102. The SMILES string of the molecule is CC(C)C(NC(=O)CC1CCN(C(=O)C2CCCCC2)CC1)c1cccs1. The summed E-state index contributed by atoms with van der Waals surface area (Å²) < 4.78 is 0. The number of amides is 2. The maximum absolute atomic E-state index is 12.7. The highest BCUT2D eigenvalue weighted by Gasteiger charge is 2.30. The maximum Gasteiger partial charge on any atom is 0.225 e. The number of thiophene rings is 1. The Bertz CT molecular complexity index is 600. The molecule has 3 rings (SSSR count). The van der Waals surface area contributed by atoms with Crippen LogP contribution in [-0.4, -0.2) is 29.8 Å². The van der Waals surface area contributed by atoms with Crippen LogP contribution in [-0.2, 0) is 9.59 Å². The monoisotopic (exact) mass is 390 g/mol. The first-order valence-corrected chi connectivity index (χ1v) is 11.5. The summed E-state index contributed by atoms with van der Waals surface area (Å²) in [5.74, 6) is 1.56. The Morgan fingerprint density at radius 2 is 1.85 bits per heavy atom. The van der Waals surface area contributed by atoms with Crippen molar-refractivity contribution in [1.29, 1.82) is 0 Å². The lowest BCUT2D eigenvalue weighted by atomic mass is 9.86. The molecule has 27 heavy (non-hydrogen) atoms. The van der Waals surface area contributed by atoms with E-state index in [4.69, 9.17) is 0 Å². The van der Waals surface area contributed by atoms with Gasteiger partial charge in [-0.2, -0.15) is 0 Å². The number of carbonyl (C=O) groups is 2. The summed E-state index contributed by atoms with van der Waals surface area (Å²) in [5.41, 5.74) is 0. The molecule has 1 aromatic heterocycles. The van der Waals surface area contributed by atoms with Crippen LogP contribution in [0.1, 0.15) is 76.1 Å². The van der Waals surface area contributed by atoms with Crippen LogP contribution in [0.2, 0.25) is 0 Å². The number of hydrogen-bond acceptors (Lipinski definition) is 3. The summed E-state index contributed by atoms with van der Waals surface area (Å²) in [5, 5.41) is 5.31. The summed E-state index contributed by atoms with van der Waals surface area (Å²) >= 11 is 1.71. The van der Waals surface area contributed by atoms with Gasteiger partial charge in [-0.1, -0.05) is 39.2 Å². The fourth-order valence-electron chi connectivity index (χ4n) is 4.49. The highest BCUT2D eigenvalue weighted by Crippen LogP contribution is 2.29. The zero-order valence-corrected chi connectivity index (χ0v) is 17.6. The molecule has 1 unspecified atom stereocenters. The molecule has 1 atom stereocenters. The van der Waals surface area contributed by atoms with Gasteiger partial charge in [0.2, 0.25) is 11.8 Å². The standard InChI is InChI=1S/C22H34N2O2S/c1-16(2)21(19-9-6-14-27-19)23-20(25)15-17-10-12-24(13-11-17)22(26)18-7-4-3-5-8-18/h6,9,14,16-18,21H,3-5,7-8,10-13,15H2,1-2H3,(H,23,25). The van der Waals surface area contributed by atoms with Crippen molar-refractivity contribution >= 4 is 23.2 Å². The van der Waals surface area contributed by atoms with Crippen LogP contribution in [0, 0.1) is 17.8 Å². The Hall–Kier alpha value is -1.36. The molecule has 2 heterocycles. The van der Waals surface area contributed by atoms with E-state index >= 15 is 0 Å². The van der Waals surface area contributed by atoms with Crippen LogP contribution < -0.4 is 5.32 Å². The van der Waals surface area contributed by atoms with Gasteiger partial charge in [0.05, 0.1) is 6.04 Å². The van der Waals surface area contributed by atoms with Crippen LogP contribution in [0.15, 0.2) is 17.5 Å². The molecule has 1 N–H and O–H groups in total. The fraction of sp³-hybridized carbons (Fsp3) is 0.727. The quantitative estimate of drug-likeness (QED) is 0.760. The van der Waals surface area contributed by atoms with E-state index in [1.807, 2.05) is 6.07 Å². The van der Waals surface area contributed by atoms with Crippen molar-refractivity contribution in [3.63, 3.8) is 0 Å². The minimum atomic E-state index is 0.102. The first kappa shape index (κ1) is 20.4. The number of hydrogen-bond donors (Lipinski definition) is 1. The van der Waals surface area contributed by atoms with E-state index in [1.165, 1.54) is 24.1 Å². The van der Waals surface area contributed by atoms with Gasteiger partial charge in [-0.3, -0.25) is 9.59 Å². The van der Waals surface area contributed by atoms with Gasteiger partial charge in [0.25, 0.3) is 0 Å². The second kappa shape index (κ2) is 9.72. The summed E-state index contributed by atoms with van der Waals surface area (Å²) in [6, 6.07) is 4.25. The largest absolute Gasteiger partial charge is 0.348 e. The maximum atomic E-state index is 12.7. The van der Waals surface area contributed by atoms with Gasteiger partial charge in [0, 0.05) is 30.3 Å². The molecule has 2 fully saturated rings. The third-order valence-corrected chi connectivity index (χ3v) is 7.14. The van der Waals surface area contributed by atoms with Gasteiger partial charge >= 0.3 is 0 Å². The van der Waals surface area contributed by atoms with E-state index in [0.29, 0.717) is 24.2 Å². The highest BCUT2D eigenvalue weighted by atomic mass is 32.1. The van der Waals surface area contributed by atoms with Crippen molar-refractivity contribution in [3.8, 4) is 0 Å². The minimum Gasteiger partial charge on any atom is -0.348 e. The highest BCUT2D eigenvalue weighted by molar-refractivity contribution is 7.10. The zero-order chi connectivity index (χ0) is 19.2. The second-order valence-electron chi connectivity index (χ2n) is 8.61. The van der Waals surface area contributed by atoms with E-state index in [0.717, 1.165) is 38.8 Å². The number of carbonyl (C=O) groups excluding carboxylic acids is 2. The molecular formula is C22H34N2O2S.